The molecule has 0 saturated heterocycles. The van der Waals surface area contributed by atoms with Crippen molar-refractivity contribution < 1.29 is 19.1 Å². The van der Waals surface area contributed by atoms with Gasteiger partial charge in [-0.25, -0.2) is 0 Å². The lowest BCUT2D eigenvalue weighted by Crippen LogP contribution is -2.25. The van der Waals surface area contributed by atoms with Crippen LogP contribution < -0.4 is 4.74 Å². The van der Waals surface area contributed by atoms with Crippen LogP contribution in [-0.4, -0.2) is 18.0 Å². The minimum Gasteiger partial charge on any atom is -0.463 e. The van der Waals surface area contributed by atoms with Crippen molar-refractivity contribution in [3.05, 3.63) is 29.8 Å². The second kappa shape index (κ2) is 7.16. The molecule has 1 aliphatic carbocycles. The van der Waals surface area contributed by atoms with Crippen LogP contribution in [0.1, 0.15) is 64.9 Å². The SMILES string of the molecule is CC(=O)OC1CCC(c2ccc(OC(=O)C(C)(C)C)cc2)CC1. The number of ether oxygens (including phenoxy) is 2. The molecule has 4 heteroatoms. The Hall–Kier alpha value is -1.84. The smallest absolute Gasteiger partial charge is 0.316 e. The van der Waals surface area contributed by atoms with Gasteiger partial charge in [-0.1, -0.05) is 12.1 Å². The number of rotatable bonds is 3. The average Bonchev–Trinajstić information content (AvgIpc) is 2.47. The van der Waals surface area contributed by atoms with Gasteiger partial charge in [0.2, 0.25) is 0 Å². The molecule has 2 rings (SSSR count). The summed E-state index contributed by atoms with van der Waals surface area (Å²) in [5.74, 6) is 0.641. The zero-order valence-corrected chi connectivity index (χ0v) is 14.4. The number of benzene rings is 1. The Morgan fingerprint density at radius 1 is 1.00 bits per heavy atom. The zero-order valence-electron chi connectivity index (χ0n) is 14.4. The number of hydrogen-bond donors (Lipinski definition) is 0. The number of esters is 2. The van der Waals surface area contributed by atoms with Crippen molar-refractivity contribution in [1.82, 2.24) is 0 Å². The molecule has 23 heavy (non-hydrogen) atoms. The summed E-state index contributed by atoms with van der Waals surface area (Å²) < 4.78 is 10.7. The number of carbonyl (C=O) groups is 2. The van der Waals surface area contributed by atoms with Crippen molar-refractivity contribution in [1.29, 1.82) is 0 Å². The van der Waals surface area contributed by atoms with Crippen LogP contribution >= 0.6 is 0 Å². The van der Waals surface area contributed by atoms with E-state index in [4.69, 9.17) is 9.47 Å². The minimum atomic E-state index is -0.506. The molecular formula is C19H26O4. The van der Waals surface area contributed by atoms with Crippen LogP contribution in [0.25, 0.3) is 0 Å². The monoisotopic (exact) mass is 318 g/mol. The second-order valence-corrected chi connectivity index (χ2v) is 7.29. The Bertz CT molecular complexity index is 546. The van der Waals surface area contributed by atoms with Gasteiger partial charge in [-0.05, 0) is 70.1 Å². The maximum Gasteiger partial charge on any atom is 0.316 e. The molecular weight excluding hydrogens is 292 g/mol. The van der Waals surface area contributed by atoms with E-state index in [-0.39, 0.29) is 18.0 Å². The fourth-order valence-electron chi connectivity index (χ4n) is 2.82. The Morgan fingerprint density at radius 3 is 2.04 bits per heavy atom. The van der Waals surface area contributed by atoms with Gasteiger partial charge in [0.25, 0.3) is 0 Å². The molecule has 1 fully saturated rings. The summed E-state index contributed by atoms with van der Waals surface area (Å²) in [5, 5.41) is 0. The molecule has 0 unspecified atom stereocenters. The maximum absolute atomic E-state index is 11.9. The number of carbonyl (C=O) groups excluding carboxylic acids is 2. The largest absolute Gasteiger partial charge is 0.463 e. The fraction of sp³-hybridized carbons (Fsp3) is 0.579. The van der Waals surface area contributed by atoms with Crippen LogP contribution in [0.15, 0.2) is 24.3 Å². The molecule has 0 bridgehead atoms. The molecule has 4 nitrogen and oxygen atoms in total. The molecule has 1 saturated carbocycles. The third kappa shape index (κ3) is 5.08. The Labute approximate surface area is 138 Å². The van der Waals surface area contributed by atoms with Crippen molar-refractivity contribution in [3.8, 4) is 5.75 Å². The fourth-order valence-corrected chi connectivity index (χ4v) is 2.82. The predicted molar refractivity (Wildman–Crippen MR) is 88.3 cm³/mol. The van der Waals surface area contributed by atoms with Gasteiger partial charge in [0.1, 0.15) is 11.9 Å². The second-order valence-electron chi connectivity index (χ2n) is 7.29. The van der Waals surface area contributed by atoms with E-state index < -0.39 is 5.41 Å². The van der Waals surface area contributed by atoms with Gasteiger partial charge in [0.05, 0.1) is 5.41 Å². The Kier molecular flexibility index (Phi) is 5.45. The van der Waals surface area contributed by atoms with Gasteiger partial charge in [-0.15, -0.1) is 0 Å². The summed E-state index contributed by atoms with van der Waals surface area (Å²) >= 11 is 0. The van der Waals surface area contributed by atoms with Crippen molar-refractivity contribution in [2.45, 2.75) is 65.4 Å². The average molecular weight is 318 g/mol. The third-order valence-electron chi connectivity index (χ3n) is 4.18. The molecule has 0 heterocycles. The maximum atomic E-state index is 11.9. The summed E-state index contributed by atoms with van der Waals surface area (Å²) in [7, 11) is 0. The highest BCUT2D eigenvalue weighted by Gasteiger charge is 2.25. The molecule has 0 atom stereocenters. The van der Waals surface area contributed by atoms with E-state index >= 15 is 0 Å². The van der Waals surface area contributed by atoms with Crippen LogP contribution in [0.3, 0.4) is 0 Å². The first-order valence-corrected chi connectivity index (χ1v) is 8.25. The van der Waals surface area contributed by atoms with E-state index in [2.05, 4.69) is 0 Å². The van der Waals surface area contributed by atoms with Gasteiger partial charge >= 0.3 is 11.9 Å². The van der Waals surface area contributed by atoms with Crippen LogP contribution in [0.4, 0.5) is 0 Å². The molecule has 0 amide bonds. The molecule has 0 aromatic heterocycles. The highest BCUT2D eigenvalue weighted by Crippen LogP contribution is 2.34. The first kappa shape index (κ1) is 17.5. The van der Waals surface area contributed by atoms with Crippen LogP contribution in [0.2, 0.25) is 0 Å². The Morgan fingerprint density at radius 2 is 1.57 bits per heavy atom. The summed E-state index contributed by atoms with van der Waals surface area (Å²) in [6, 6.07) is 7.78. The lowest BCUT2D eigenvalue weighted by Gasteiger charge is -2.28. The van der Waals surface area contributed by atoms with Gasteiger partial charge in [0.15, 0.2) is 0 Å². The first-order valence-electron chi connectivity index (χ1n) is 8.25. The highest BCUT2D eigenvalue weighted by molar-refractivity contribution is 5.77. The van der Waals surface area contributed by atoms with Crippen LogP contribution in [0.5, 0.6) is 5.75 Å². The van der Waals surface area contributed by atoms with Gasteiger partial charge in [-0.3, -0.25) is 9.59 Å². The van der Waals surface area contributed by atoms with Crippen molar-refractivity contribution in [2.24, 2.45) is 5.41 Å². The third-order valence-corrected chi connectivity index (χ3v) is 4.18. The molecule has 1 aliphatic rings. The quantitative estimate of drug-likeness (QED) is 0.618. The van der Waals surface area contributed by atoms with Crippen molar-refractivity contribution in [2.75, 3.05) is 0 Å². The summed E-state index contributed by atoms with van der Waals surface area (Å²) in [6.45, 7) is 6.98. The highest BCUT2D eigenvalue weighted by atomic mass is 16.5. The van der Waals surface area contributed by atoms with Gasteiger partial charge < -0.3 is 9.47 Å². The molecule has 126 valence electrons. The van der Waals surface area contributed by atoms with E-state index in [1.54, 1.807) is 0 Å². The molecule has 1 aromatic rings. The molecule has 0 N–H and O–H groups in total. The van der Waals surface area contributed by atoms with E-state index in [0.29, 0.717) is 11.7 Å². The lowest BCUT2D eigenvalue weighted by atomic mass is 9.83. The molecule has 0 spiro atoms. The van der Waals surface area contributed by atoms with Crippen LogP contribution in [-0.2, 0) is 14.3 Å². The minimum absolute atomic E-state index is 0.0655. The van der Waals surface area contributed by atoms with Gasteiger partial charge in [-0.2, -0.15) is 0 Å². The summed E-state index contributed by atoms with van der Waals surface area (Å²) in [6.07, 6.45) is 3.91. The lowest BCUT2D eigenvalue weighted by molar-refractivity contribution is -0.148. The molecule has 1 aromatic carbocycles. The first-order chi connectivity index (χ1) is 10.8. The standard InChI is InChI=1S/C19H26O4/c1-13(20)22-16-9-5-14(6-10-16)15-7-11-17(12-8-15)23-18(21)19(2,3)4/h7-8,11-12,14,16H,5-6,9-10H2,1-4H3. The van der Waals surface area contributed by atoms with Gasteiger partial charge in [0, 0.05) is 6.92 Å². The van der Waals surface area contributed by atoms with E-state index in [1.165, 1.54) is 12.5 Å². The Balaban J connectivity index is 1.91. The number of hydrogen-bond acceptors (Lipinski definition) is 4. The normalized spacial score (nSPS) is 21.6. The van der Waals surface area contributed by atoms with Crippen molar-refractivity contribution in [3.63, 3.8) is 0 Å². The zero-order chi connectivity index (χ0) is 17.0. The van der Waals surface area contributed by atoms with Crippen molar-refractivity contribution >= 4 is 11.9 Å². The summed E-state index contributed by atoms with van der Waals surface area (Å²) in [4.78, 5) is 22.9. The molecule has 0 aliphatic heterocycles. The van der Waals surface area contributed by atoms with E-state index in [0.717, 1.165) is 25.7 Å². The summed E-state index contributed by atoms with van der Waals surface area (Å²) in [5.41, 5.74) is 0.746. The van der Waals surface area contributed by atoms with Crippen LogP contribution in [0, 0.1) is 5.41 Å². The topological polar surface area (TPSA) is 52.6 Å². The predicted octanol–water partition coefficient (Wildman–Crippen LogP) is 4.23. The molecule has 0 radical (unpaired) electrons. The van der Waals surface area contributed by atoms with E-state index in [9.17, 15) is 9.59 Å². The van der Waals surface area contributed by atoms with E-state index in [1.807, 2.05) is 45.0 Å².